The molecule has 7 aromatic rings. The number of carboxylic acids is 1. The summed E-state index contributed by atoms with van der Waals surface area (Å²) >= 11 is 9.41. The van der Waals surface area contributed by atoms with Crippen LogP contribution in [0, 0.1) is 40.5 Å². The maximum atomic E-state index is 12.4. The molecule has 6 aromatic carbocycles. The maximum Gasteiger partial charge on any atom is 0.306 e. The van der Waals surface area contributed by atoms with Crippen LogP contribution < -0.4 is 49.1 Å². The lowest BCUT2D eigenvalue weighted by Crippen LogP contribution is -2.19. The molecule has 1 unspecified atom stereocenters. The van der Waals surface area contributed by atoms with Gasteiger partial charge in [0, 0.05) is 146 Å². The summed E-state index contributed by atoms with van der Waals surface area (Å²) in [5.74, 6) is 6.58. The van der Waals surface area contributed by atoms with Crippen molar-refractivity contribution in [1.29, 1.82) is 0 Å². The molecule has 1 heterocycles. The summed E-state index contributed by atoms with van der Waals surface area (Å²) in [5, 5.41) is 28.3. The Morgan fingerprint density at radius 3 is 1.26 bits per heavy atom. The van der Waals surface area contributed by atoms with Crippen molar-refractivity contribution in [2.45, 2.75) is 119 Å². The number of rotatable bonds is 49. The van der Waals surface area contributed by atoms with E-state index in [1.54, 1.807) is 121 Å². The van der Waals surface area contributed by atoms with Gasteiger partial charge in [-0.2, -0.15) is 79.0 Å². The van der Waals surface area contributed by atoms with Gasteiger partial charge in [0.25, 0.3) is 10.1 Å². The number of aryl methyl sites for hydroxylation is 5. The lowest BCUT2D eigenvalue weighted by atomic mass is 9.94. The molecule has 36 heteroatoms. The van der Waals surface area contributed by atoms with Crippen molar-refractivity contribution in [3.63, 3.8) is 0 Å². The average molecular weight is 1860 g/mol. The van der Waals surface area contributed by atoms with Crippen LogP contribution in [0.5, 0.6) is 0 Å². The number of benzene rings is 6. The van der Waals surface area contributed by atoms with Gasteiger partial charge in [-0.1, -0.05) is 70.7 Å². The molecule has 0 aliphatic heterocycles. The molecule has 6 amide bonds. The Morgan fingerprint density at radius 1 is 0.435 bits per heavy atom. The minimum Gasteiger partial charge on any atom is -0.481 e. The van der Waals surface area contributed by atoms with Crippen molar-refractivity contribution < 1.29 is 84.9 Å². The number of methoxy groups -OCH3 is 6. The summed E-state index contributed by atoms with van der Waals surface area (Å²) in [4.78, 5) is 102. The normalized spacial score (nSPS) is 10.7. The zero-order chi connectivity index (χ0) is 90.5. The molecule has 0 saturated carbocycles. The Balaban J connectivity index is 0.00000147. The number of nitrogens with one attached hydrogen (secondary N) is 6. The third-order valence-corrected chi connectivity index (χ3v) is 23.8. The first kappa shape index (κ1) is 116. The van der Waals surface area contributed by atoms with Gasteiger partial charge in [0.2, 0.25) is 35.4 Å². The van der Waals surface area contributed by atoms with E-state index in [9.17, 15) is 51.9 Å². The fourth-order valence-corrected chi connectivity index (χ4v) is 15.3. The molecule has 1 aromatic heterocycles. The van der Waals surface area contributed by atoms with E-state index >= 15 is 0 Å². The van der Waals surface area contributed by atoms with Crippen molar-refractivity contribution in [3.05, 3.63) is 155 Å². The van der Waals surface area contributed by atoms with Crippen LogP contribution in [-0.4, -0.2) is 227 Å². The summed E-state index contributed by atoms with van der Waals surface area (Å²) in [6.45, 7) is 16.1. The van der Waals surface area contributed by atoms with Gasteiger partial charge in [-0.25, -0.2) is 9.97 Å². The molecular weight excluding hydrogens is 1720 g/mol. The van der Waals surface area contributed by atoms with Crippen molar-refractivity contribution >= 4 is 190 Å². The maximum absolute atomic E-state index is 12.4. The number of Topliss-reactive ketones (excluding diaryl/α,β-unsaturated/α-hetero) is 1. The Bertz CT molecular complexity index is 4330. The number of hydrogen-bond acceptors (Lipinski definition) is 27. The number of anilines is 9. The number of nitrogens with two attached hydrogens (primary N) is 3. The molecule has 0 radical (unpaired) electrons. The predicted molar refractivity (Wildman–Crippen MR) is 522 cm³/mol. The number of hydrogen-bond donors (Lipinski definition) is 11. The number of aromatic nitrogens is 2. The number of carbonyl (C=O) groups excluding carboxylic acids is 7. The third kappa shape index (κ3) is 54.0. The van der Waals surface area contributed by atoms with Gasteiger partial charge in [-0.15, -0.1) is 0 Å². The van der Waals surface area contributed by atoms with Gasteiger partial charge in [0.15, 0.2) is 5.78 Å². The minimum atomic E-state index is -4.41. The highest BCUT2D eigenvalue weighted by atomic mass is 32.2. The van der Waals surface area contributed by atoms with Gasteiger partial charge in [0.1, 0.15) is 16.5 Å². The van der Waals surface area contributed by atoms with Crippen molar-refractivity contribution in [3.8, 4) is 0 Å². The van der Waals surface area contributed by atoms with Crippen LogP contribution in [0.1, 0.15) is 118 Å². The van der Waals surface area contributed by atoms with Crippen molar-refractivity contribution in [1.82, 2.24) is 9.97 Å². The van der Waals surface area contributed by atoms with E-state index in [1.807, 2.05) is 75.4 Å². The molecule has 0 aliphatic carbocycles. The number of ketones is 1. The molecular formula is C88H133N11O18S7. The Hall–Kier alpha value is -8.21. The number of nitrogen functional groups attached to an aromatic ring is 3. The molecule has 1 atom stereocenters. The van der Waals surface area contributed by atoms with Crippen LogP contribution in [0.25, 0.3) is 10.8 Å². The van der Waals surface area contributed by atoms with Crippen LogP contribution in [0.3, 0.4) is 0 Å². The molecule has 0 fully saturated rings. The van der Waals surface area contributed by atoms with Crippen LogP contribution >= 0.6 is 70.6 Å². The molecule has 0 aliphatic rings. The largest absolute Gasteiger partial charge is 0.481 e. The number of ether oxygens (including phenoxy) is 6. The van der Waals surface area contributed by atoms with E-state index in [0.717, 1.165) is 134 Å². The smallest absolute Gasteiger partial charge is 0.306 e. The van der Waals surface area contributed by atoms with E-state index < -0.39 is 26.9 Å². The Kier molecular flexibility index (Phi) is 65.3. The number of amides is 6. The van der Waals surface area contributed by atoms with Gasteiger partial charge in [-0.05, 0) is 215 Å². The topological polar surface area (TPSA) is 443 Å². The number of carboxylic acid groups (broad SMARTS) is 1. The SMILES string of the molecule is C.C.CCCC(CC(=O)c1cc(N)cc(NC(=O)CSCCCOC)c1)C(=O)O.COCCCSCC(=O)Nc1ccc(C)c(C)c1.COCCCSCC(=O)Nc1ccc(C)c(N)c1.COCCCSCC(=O)Nc1ccc(N)c(S(=O)(=O)O)c1.COCCCSCC(=O)Nc1cccc2c(C)cccc12.COCCCSCC(=O)Nc1ccnc(C)n1. The Morgan fingerprint density at radius 2 is 0.839 bits per heavy atom. The van der Waals surface area contributed by atoms with Crippen molar-refractivity contribution in [2.24, 2.45) is 5.92 Å². The first-order valence-corrected chi connectivity index (χ1v) is 47.7. The first-order chi connectivity index (χ1) is 58.4. The molecule has 124 heavy (non-hydrogen) atoms. The average Bonchev–Trinajstić information content (AvgIpc) is 0.819. The monoisotopic (exact) mass is 1860 g/mol. The molecule has 29 nitrogen and oxygen atoms in total. The summed E-state index contributed by atoms with van der Waals surface area (Å²) < 4.78 is 60.9. The lowest BCUT2D eigenvalue weighted by Gasteiger charge is -2.12. The standard InChI is InChI=1S/C19H28N2O5S.C17H21NO2S.C14H21NO2S.C13H20N2O2S.C12H18N2O5S2.C11H17N3O2S.2CH4/c1-3-5-13(19(24)25)10-17(22)14-8-15(20)11-16(9-14)21-18(23)12-27-7-4-6-26-2;1-13-6-3-8-15-14(13)7-4-9-16(15)18-17(19)12-21-11-5-10-20-2;1-11-5-6-13(9-12(11)2)15-14(16)10-18-8-4-7-17-3;1-10-4-5-11(8-12(10)14)15-13(16)9-18-7-3-6-17-2;1-19-5-2-6-20-8-12(15)14-9-3-4-10(13)11(7-9)21(16,17)18;1-9-12-5-4-10(13-9)14-11(15)8-17-7-3-6-16-2;;/h8-9,11,13H,3-7,10,12,20H2,1-2H3,(H,21,23)(H,24,25);3-4,6-9H,5,10-12H2,1-2H3,(H,18,19);5-6,9H,4,7-8,10H2,1-3H3,(H,15,16);4-5,8H,3,6-7,9,14H2,1-2H3,(H,15,16);3-4,7H,2,5-6,8,13H2,1H3,(H,14,15)(H,16,17,18);4-5H,3,6-8H2,1-2H3,(H,12,13,14,15);2*1H4. The van der Waals surface area contributed by atoms with E-state index in [1.165, 1.54) is 69.9 Å². The van der Waals surface area contributed by atoms with E-state index in [-0.39, 0.29) is 79.6 Å². The van der Waals surface area contributed by atoms with Gasteiger partial charge >= 0.3 is 5.97 Å². The highest BCUT2D eigenvalue weighted by Crippen LogP contribution is 2.28. The van der Waals surface area contributed by atoms with E-state index in [4.69, 9.17) is 50.2 Å². The molecule has 690 valence electrons. The second kappa shape index (κ2) is 69.9. The zero-order valence-electron chi connectivity index (χ0n) is 72.1. The fourth-order valence-electron chi connectivity index (χ4n) is 10.3. The minimum absolute atomic E-state index is 0. The molecule has 7 rings (SSSR count). The summed E-state index contributed by atoms with van der Waals surface area (Å²) in [6, 6.07) is 33.9. The van der Waals surface area contributed by atoms with Gasteiger partial charge in [0.05, 0.1) is 46.1 Å². The van der Waals surface area contributed by atoms with Gasteiger partial charge < -0.3 is 82.6 Å². The lowest BCUT2D eigenvalue weighted by molar-refractivity contribution is -0.142. The van der Waals surface area contributed by atoms with Crippen LogP contribution in [0.15, 0.2) is 126 Å². The second-order valence-corrected chi connectivity index (χ2v) is 35.1. The fraction of sp³-hybridized carbons (Fsp3) is 0.477. The zero-order valence-corrected chi connectivity index (χ0v) is 77.8. The quantitative estimate of drug-likeness (QED) is 0.00730. The summed E-state index contributed by atoms with van der Waals surface area (Å²) in [7, 11) is 5.58. The number of carbonyl (C=O) groups is 8. The van der Waals surface area contributed by atoms with Crippen LogP contribution in [-0.2, 0) is 72.1 Å². The van der Waals surface area contributed by atoms with Crippen LogP contribution in [0.4, 0.5) is 51.3 Å². The van der Waals surface area contributed by atoms with Crippen LogP contribution in [0.2, 0.25) is 0 Å². The molecule has 14 N–H and O–H groups in total. The number of fused-ring (bicyclic) bond motifs is 1. The number of thioether (sulfide) groups is 6. The van der Waals surface area contributed by atoms with E-state index in [2.05, 4.69) is 67.8 Å². The summed E-state index contributed by atoms with van der Waals surface area (Å²) in [5.41, 5.74) is 26.2. The first-order valence-electron chi connectivity index (χ1n) is 39.4. The summed E-state index contributed by atoms with van der Waals surface area (Å²) in [6.07, 6.45) is 8.26. The molecule has 0 saturated heterocycles. The second-order valence-electron chi connectivity index (χ2n) is 27.0. The molecule has 0 spiro atoms. The predicted octanol–water partition coefficient (Wildman–Crippen LogP) is 16.2. The highest BCUT2D eigenvalue weighted by molar-refractivity contribution is 8.01. The molecule has 0 bridgehead atoms. The third-order valence-electron chi connectivity index (χ3n) is 16.6. The van der Waals surface area contributed by atoms with E-state index in [0.29, 0.717) is 89.1 Å². The number of nitrogens with zero attached hydrogens (tertiary/aromatic N) is 2. The Labute approximate surface area is 760 Å². The number of aliphatic carboxylic acids is 1. The highest BCUT2D eigenvalue weighted by Gasteiger charge is 2.23. The van der Waals surface area contributed by atoms with Crippen molar-refractivity contribution in [2.75, 3.05) is 200 Å². The van der Waals surface area contributed by atoms with Gasteiger partial charge in [-0.3, -0.25) is 42.9 Å².